The van der Waals surface area contributed by atoms with Gasteiger partial charge in [0, 0.05) is 29.3 Å². The second-order valence-electron chi connectivity index (χ2n) is 8.78. The summed E-state index contributed by atoms with van der Waals surface area (Å²) in [5.74, 6) is 0.478. The zero-order valence-electron chi connectivity index (χ0n) is 16.8. The first-order valence-corrected chi connectivity index (χ1v) is 9.95. The topological polar surface area (TPSA) is 40.7 Å². The van der Waals surface area contributed by atoms with Gasteiger partial charge in [0.25, 0.3) is 0 Å². The Labute approximate surface area is 162 Å². The fourth-order valence-electron chi connectivity index (χ4n) is 4.17. The van der Waals surface area contributed by atoms with Gasteiger partial charge in [0.2, 0.25) is 0 Å². The van der Waals surface area contributed by atoms with Crippen molar-refractivity contribution in [1.29, 1.82) is 0 Å². The Morgan fingerprint density at radius 1 is 1.07 bits per heavy atom. The van der Waals surface area contributed by atoms with Gasteiger partial charge in [0.1, 0.15) is 0 Å². The maximum atomic E-state index is 4.19. The maximum absolute atomic E-state index is 4.19. The molecule has 0 saturated heterocycles. The Bertz CT molecular complexity index is 936. The number of para-hydroxylation sites is 1. The second-order valence-corrected chi connectivity index (χ2v) is 8.78. The number of hydrogen-bond acceptors (Lipinski definition) is 2. The molecule has 0 bridgehead atoms. The lowest BCUT2D eigenvalue weighted by molar-refractivity contribution is 0.313. The number of fused-ring (bicyclic) bond motifs is 1. The molecule has 2 heterocycles. The second kappa shape index (κ2) is 6.88. The van der Waals surface area contributed by atoms with Gasteiger partial charge in [-0.15, -0.1) is 0 Å². The molecule has 0 atom stereocenters. The summed E-state index contributed by atoms with van der Waals surface area (Å²) in [6, 6.07) is 12.8. The summed E-state index contributed by atoms with van der Waals surface area (Å²) < 4.78 is 0. The van der Waals surface area contributed by atoms with Crippen LogP contribution in [0.25, 0.3) is 11.3 Å². The van der Waals surface area contributed by atoms with Gasteiger partial charge in [0.15, 0.2) is 0 Å². The number of aromatic nitrogens is 2. The number of aromatic amines is 1. The van der Waals surface area contributed by atoms with Crippen molar-refractivity contribution < 1.29 is 0 Å². The summed E-state index contributed by atoms with van der Waals surface area (Å²) >= 11 is 0. The van der Waals surface area contributed by atoms with E-state index < -0.39 is 0 Å². The van der Waals surface area contributed by atoms with Crippen molar-refractivity contribution >= 4 is 11.4 Å². The predicted octanol–water partition coefficient (Wildman–Crippen LogP) is 6.46. The molecule has 140 valence electrons. The smallest absolute Gasteiger partial charge is 0.0699 e. The first kappa shape index (κ1) is 17.8. The number of anilines is 2. The molecular formula is C24H29N3. The van der Waals surface area contributed by atoms with Crippen LogP contribution in [0.1, 0.15) is 56.9 Å². The van der Waals surface area contributed by atoms with E-state index in [0.29, 0.717) is 11.3 Å². The van der Waals surface area contributed by atoms with Crippen molar-refractivity contribution in [2.24, 2.45) is 5.41 Å². The summed E-state index contributed by atoms with van der Waals surface area (Å²) in [5.41, 5.74) is 9.32. The molecule has 3 heteroatoms. The predicted molar refractivity (Wildman–Crippen MR) is 114 cm³/mol. The van der Waals surface area contributed by atoms with Crippen LogP contribution in [0, 0.1) is 5.41 Å². The minimum atomic E-state index is 0.348. The zero-order valence-corrected chi connectivity index (χ0v) is 16.8. The molecule has 0 unspecified atom stereocenters. The van der Waals surface area contributed by atoms with E-state index in [2.05, 4.69) is 79.4 Å². The van der Waals surface area contributed by atoms with Crippen molar-refractivity contribution in [3.05, 3.63) is 65.6 Å². The number of rotatable bonds is 4. The number of benzene rings is 1. The van der Waals surface area contributed by atoms with E-state index in [0.717, 1.165) is 12.8 Å². The molecule has 0 saturated carbocycles. The van der Waals surface area contributed by atoms with Crippen LogP contribution in [0.15, 0.2) is 48.8 Å². The van der Waals surface area contributed by atoms with Gasteiger partial charge >= 0.3 is 0 Å². The molecule has 3 nitrogen and oxygen atoms in total. The van der Waals surface area contributed by atoms with Crippen LogP contribution < -0.4 is 5.32 Å². The van der Waals surface area contributed by atoms with Crippen LogP contribution in [-0.2, 0) is 12.8 Å². The average molecular weight is 360 g/mol. The van der Waals surface area contributed by atoms with E-state index in [4.69, 9.17) is 0 Å². The van der Waals surface area contributed by atoms with Gasteiger partial charge in [-0.2, -0.15) is 0 Å². The average Bonchev–Trinajstić information content (AvgIpc) is 2.99. The van der Waals surface area contributed by atoms with E-state index in [-0.39, 0.29) is 0 Å². The molecule has 0 spiro atoms. The lowest BCUT2D eigenvalue weighted by Gasteiger charge is -2.29. The molecule has 0 radical (unpaired) electrons. The Morgan fingerprint density at radius 2 is 1.81 bits per heavy atom. The van der Waals surface area contributed by atoms with Gasteiger partial charge in [-0.05, 0) is 59.9 Å². The fraction of sp³-hybridized carbons (Fsp3) is 0.375. The van der Waals surface area contributed by atoms with Crippen molar-refractivity contribution in [1.82, 2.24) is 9.97 Å². The summed E-state index contributed by atoms with van der Waals surface area (Å²) in [6.45, 7) is 9.23. The molecule has 1 aromatic carbocycles. The molecule has 4 rings (SSSR count). The molecule has 0 amide bonds. The number of hydrogen-bond donors (Lipinski definition) is 2. The quantitative estimate of drug-likeness (QED) is 0.561. The highest BCUT2D eigenvalue weighted by Gasteiger charge is 2.30. The minimum absolute atomic E-state index is 0.348. The highest BCUT2D eigenvalue weighted by atomic mass is 14.9. The molecule has 27 heavy (non-hydrogen) atoms. The van der Waals surface area contributed by atoms with Gasteiger partial charge in [0.05, 0.1) is 11.4 Å². The van der Waals surface area contributed by atoms with Crippen LogP contribution >= 0.6 is 0 Å². The highest BCUT2D eigenvalue weighted by molar-refractivity contribution is 5.83. The van der Waals surface area contributed by atoms with E-state index in [1.54, 1.807) is 0 Å². The van der Waals surface area contributed by atoms with Crippen LogP contribution in [0.3, 0.4) is 0 Å². The summed E-state index contributed by atoms with van der Waals surface area (Å²) in [5, 5.41) is 3.80. The summed E-state index contributed by atoms with van der Waals surface area (Å²) in [6.07, 6.45) is 7.15. The van der Waals surface area contributed by atoms with E-state index >= 15 is 0 Å². The van der Waals surface area contributed by atoms with Crippen molar-refractivity contribution in [3.8, 4) is 11.3 Å². The lowest BCUT2D eigenvalue weighted by atomic mass is 9.76. The molecule has 1 aliphatic rings. The largest absolute Gasteiger partial charge is 0.356 e. The monoisotopic (exact) mass is 359 g/mol. The minimum Gasteiger partial charge on any atom is -0.356 e. The number of H-pyrrole nitrogens is 1. The Hall–Kier alpha value is -2.55. The van der Waals surface area contributed by atoms with Gasteiger partial charge in [-0.3, -0.25) is 4.98 Å². The molecule has 2 aromatic heterocycles. The normalized spacial score (nSPS) is 15.6. The SMILES string of the molecule is CC(C)c1ccccc1Nc1c(-c2ccncc2)[nH]c2c1CCC(C)(C)C2. The fourth-order valence-corrected chi connectivity index (χ4v) is 4.17. The van der Waals surface area contributed by atoms with Crippen molar-refractivity contribution in [3.63, 3.8) is 0 Å². The molecule has 0 fully saturated rings. The third-order valence-electron chi connectivity index (χ3n) is 5.71. The van der Waals surface area contributed by atoms with Gasteiger partial charge < -0.3 is 10.3 Å². The van der Waals surface area contributed by atoms with Gasteiger partial charge in [-0.25, -0.2) is 0 Å². The number of nitrogens with zero attached hydrogens (tertiary/aromatic N) is 1. The van der Waals surface area contributed by atoms with Crippen LogP contribution in [0.2, 0.25) is 0 Å². The van der Waals surface area contributed by atoms with E-state index in [1.165, 1.54) is 45.9 Å². The first-order chi connectivity index (χ1) is 12.9. The Kier molecular flexibility index (Phi) is 4.55. The van der Waals surface area contributed by atoms with Crippen LogP contribution in [-0.4, -0.2) is 9.97 Å². The first-order valence-electron chi connectivity index (χ1n) is 9.95. The lowest BCUT2D eigenvalue weighted by Crippen LogP contribution is -2.22. The zero-order chi connectivity index (χ0) is 19.0. The number of nitrogens with one attached hydrogen (secondary N) is 2. The van der Waals surface area contributed by atoms with Gasteiger partial charge in [-0.1, -0.05) is 45.9 Å². The van der Waals surface area contributed by atoms with Crippen molar-refractivity contribution in [2.45, 2.75) is 52.9 Å². The molecule has 3 aromatic rings. The maximum Gasteiger partial charge on any atom is 0.0699 e. The van der Waals surface area contributed by atoms with E-state index in [9.17, 15) is 0 Å². The molecule has 2 N–H and O–H groups in total. The molecule has 0 aliphatic heterocycles. The molecular weight excluding hydrogens is 330 g/mol. The highest BCUT2D eigenvalue weighted by Crippen LogP contribution is 2.43. The van der Waals surface area contributed by atoms with Crippen molar-refractivity contribution in [2.75, 3.05) is 5.32 Å². The van der Waals surface area contributed by atoms with Crippen LogP contribution in [0.5, 0.6) is 0 Å². The summed E-state index contributed by atoms with van der Waals surface area (Å²) in [7, 11) is 0. The molecule has 1 aliphatic carbocycles. The van der Waals surface area contributed by atoms with Crippen LogP contribution in [0.4, 0.5) is 11.4 Å². The Balaban J connectivity index is 1.83. The third kappa shape index (κ3) is 3.51. The Morgan fingerprint density at radius 3 is 2.56 bits per heavy atom. The third-order valence-corrected chi connectivity index (χ3v) is 5.71. The number of pyridine rings is 1. The van der Waals surface area contributed by atoms with E-state index in [1.807, 2.05) is 12.4 Å². The standard InChI is InChI=1S/C24H29N3/c1-16(2)18-7-5-6-8-20(18)26-23-19-9-12-24(3,4)15-21(19)27-22(23)17-10-13-25-14-11-17/h5-8,10-11,13-14,16,26-27H,9,12,15H2,1-4H3. The summed E-state index contributed by atoms with van der Waals surface area (Å²) in [4.78, 5) is 7.95.